The number of ether oxygens (including phenoxy) is 2. The van der Waals surface area contributed by atoms with E-state index in [4.69, 9.17) is 14.0 Å². The molecule has 196 valence electrons. The number of aliphatic hydroxyl groups excluding tert-OH is 1. The van der Waals surface area contributed by atoms with Crippen molar-refractivity contribution >= 4 is 17.6 Å². The number of methoxy groups -OCH3 is 1. The topological polar surface area (TPSA) is 126 Å². The van der Waals surface area contributed by atoms with Gasteiger partial charge in [0.25, 0.3) is 5.91 Å². The number of carbonyl (C=O) groups excluding carboxylic acids is 2. The summed E-state index contributed by atoms with van der Waals surface area (Å²) in [5.41, 5.74) is 2.70. The number of hydrogen-bond acceptors (Lipinski definition) is 7. The highest BCUT2D eigenvalue weighted by Gasteiger charge is 2.29. The second-order valence-electron chi connectivity index (χ2n) is 9.01. The fourth-order valence-corrected chi connectivity index (χ4v) is 4.19. The minimum absolute atomic E-state index is 0.182. The SMILES string of the molecule is COc1cccc(NC(=O)N2CCC[C@@H](O)[C@H](NC(=O)c3ccc(OCc4c(C)noc4C)cc3)C2)c1. The van der Waals surface area contributed by atoms with Crippen molar-refractivity contribution in [3.05, 3.63) is 71.1 Å². The van der Waals surface area contributed by atoms with Gasteiger partial charge in [-0.25, -0.2) is 4.79 Å². The summed E-state index contributed by atoms with van der Waals surface area (Å²) < 4.78 is 16.2. The van der Waals surface area contributed by atoms with Gasteiger partial charge in [0.05, 0.1) is 30.5 Å². The van der Waals surface area contributed by atoms with Gasteiger partial charge in [0.1, 0.15) is 23.9 Å². The number of rotatable bonds is 7. The molecule has 1 saturated heterocycles. The van der Waals surface area contributed by atoms with Gasteiger partial charge in [0.2, 0.25) is 0 Å². The molecule has 3 amide bonds. The van der Waals surface area contributed by atoms with Gasteiger partial charge in [0.15, 0.2) is 0 Å². The first kappa shape index (κ1) is 26.0. The molecular formula is C27H32N4O6. The molecule has 0 spiro atoms. The fourth-order valence-electron chi connectivity index (χ4n) is 4.19. The van der Waals surface area contributed by atoms with Crippen molar-refractivity contribution in [1.82, 2.24) is 15.4 Å². The first-order chi connectivity index (χ1) is 17.8. The Balaban J connectivity index is 1.35. The van der Waals surface area contributed by atoms with Crippen molar-refractivity contribution in [3.8, 4) is 11.5 Å². The maximum atomic E-state index is 12.9. The number of aromatic nitrogens is 1. The van der Waals surface area contributed by atoms with E-state index >= 15 is 0 Å². The summed E-state index contributed by atoms with van der Waals surface area (Å²) in [6.07, 6.45) is 0.328. The van der Waals surface area contributed by atoms with Gasteiger partial charge in [0, 0.05) is 30.4 Å². The number of amides is 3. The van der Waals surface area contributed by atoms with Gasteiger partial charge >= 0.3 is 6.03 Å². The highest BCUT2D eigenvalue weighted by Crippen LogP contribution is 2.20. The van der Waals surface area contributed by atoms with Crippen molar-refractivity contribution in [2.45, 2.75) is 45.4 Å². The van der Waals surface area contributed by atoms with E-state index in [0.29, 0.717) is 54.5 Å². The lowest BCUT2D eigenvalue weighted by molar-refractivity contribution is 0.0811. The van der Waals surface area contributed by atoms with Crippen LogP contribution in [0.3, 0.4) is 0 Å². The van der Waals surface area contributed by atoms with Crippen LogP contribution in [0.2, 0.25) is 0 Å². The van der Waals surface area contributed by atoms with Gasteiger partial charge in [-0.3, -0.25) is 4.79 Å². The Morgan fingerprint density at radius 1 is 1.16 bits per heavy atom. The highest BCUT2D eigenvalue weighted by molar-refractivity contribution is 5.94. The Hall–Kier alpha value is -4.05. The minimum atomic E-state index is -0.767. The number of aryl methyl sites for hydroxylation is 2. The molecule has 0 unspecified atom stereocenters. The molecule has 0 saturated carbocycles. The second-order valence-corrected chi connectivity index (χ2v) is 9.01. The first-order valence-electron chi connectivity index (χ1n) is 12.2. The van der Waals surface area contributed by atoms with E-state index in [-0.39, 0.29) is 18.5 Å². The Bertz CT molecular complexity index is 1210. The number of nitrogens with zero attached hydrogens (tertiary/aromatic N) is 2. The summed E-state index contributed by atoms with van der Waals surface area (Å²) in [6, 6.07) is 12.9. The van der Waals surface area contributed by atoms with Crippen LogP contribution in [-0.2, 0) is 6.61 Å². The number of aliphatic hydroxyl groups is 1. The zero-order valence-corrected chi connectivity index (χ0v) is 21.2. The van der Waals surface area contributed by atoms with Crippen LogP contribution in [0.25, 0.3) is 0 Å². The van der Waals surface area contributed by atoms with Gasteiger partial charge < -0.3 is 34.6 Å². The molecule has 1 aromatic heterocycles. The van der Waals surface area contributed by atoms with E-state index in [1.165, 1.54) is 0 Å². The summed E-state index contributed by atoms with van der Waals surface area (Å²) >= 11 is 0. The maximum Gasteiger partial charge on any atom is 0.321 e. The van der Waals surface area contributed by atoms with Crippen LogP contribution in [0.1, 0.15) is 40.2 Å². The molecule has 4 rings (SSSR count). The Kier molecular flexibility index (Phi) is 8.29. The van der Waals surface area contributed by atoms with Crippen LogP contribution in [0.5, 0.6) is 11.5 Å². The number of nitrogens with one attached hydrogen (secondary N) is 2. The predicted octanol–water partition coefficient (Wildman–Crippen LogP) is 3.67. The summed E-state index contributed by atoms with van der Waals surface area (Å²) in [4.78, 5) is 27.5. The number of anilines is 1. The molecule has 3 aromatic rings. The van der Waals surface area contributed by atoms with Crippen LogP contribution in [0.4, 0.5) is 10.5 Å². The van der Waals surface area contributed by atoms with E-state index in [9.17, 15) is 14.7 Å². The summed E-state index contributed by atoms with van der Waals surface area (Å²) in [6.45, 7) is 4.65. The fraction of sp³-hybridized carbons (Fsp3) is 0.370. The van der Waals surface area contributed by atoms with Gasteiger partial charge in [-0.2, -0.15) is 0 Å². The molecule has 1 aliphatic rings. The van der Waals surface area contributed by atoms with Crippen molar-refractivity contribution in [2.75, 3.05) is 25.5 Å². The average molecular weight is 509 g/mol. The number of urea groups is 1. The molecule has 1 fully saturated rings. The maximum absolute atomic E-state index is 12.9. The lowest BCUT2D eigenvalue weighted by Crippen LogP contribution is -2.50. The number of carbonyl (C=O) groups is 2. The summed E-state index contributed by atoms with van der Waals surface area (Å²) in [7, 11) is 1.56. The third-order valence-electron chi connectivity index (χ3n) is 6.42. The lowest BCUT2D eigenvalue weighted by atomic mass is 10.1. The second kappa shape index (κ2) is 11.8. The molecule has 0 bridgehead atoms. The van der Waals surface area contributed by atoms with Gasteiger partial charge in [-0.1, -0.05) is 11.2 Å². The standard InChI is InChI=1S/C27H32N4O6/c1-17-23(18(2)37-30-17)16-36-21-11-9-19(10-12-21)26(33)29-24-15-31(13-5-8-25(24)32)27(34)28-20-6-4-7-22(14-20)35-3/h4,6-7,9-12,14,24-25,32H,5,8,13,15-16H2,1-3H3,(H,28,34)(H,29,33)/t24-,25-/m1/s1. The molecule has 0 radical (unpaired) electrons. The zero-order chi connectivity index (χ0) is 26.4. The molecule has 2 aromatic carbocycles. The monoisotopic (exact) mass is 508 g/mol. The highest BCUT2D eigenvalue weighted by atomic mass is 16.5. The molecule has 2 atom stereocenters. The number of benzene rings is 2. The number of likely N-dealkylation sites (tertiary alicyclic amines) is 1. The molecule has 2 heterocycles. The van der Waals surface area contributed by atoms with Crippen LogP contribution in [0.15, 0.2) is 53.1 Å². The van der Waals surface area contributed by atoms with E-state index in [2.05, 4.69) is 15.8 Å². The van der Waals surface area contributed by atoms with Crippen LogP contribution < -0.4 is 20.1 Å². The largest absolute Gasteiger partial charge is 0.497 e. The predicted molar refractivity (Wildman–Crippen MR) is 137 cm³/mol. The van der Waals surface area contributed by atoms with E-state index in [1.807, 2.05) is 13.8 Å². The smallest absolute Gasteiger partial charge is 0.321 e. The molecule has 1 aliphatic heterocycles. The Labute approximate surface area is 215 Å². The number of hydrogen-bond donors (Lipinski definition) is 3. The average Bonchev–Trinajstić information content (AvgIpc) is 3.10. The molecule has 37 heavy (non-hydrogen) atoms. The minimum Gasteiger partial charge on any atom is -0.497 e. The van der Waals surface area contributed by atoms with Gasteiger partial charge in [-0.15, -0.1) is 0 Å². The van der Waals surface area contributed by atoms with Crippen molar-refractivity contribution in [3.63, 3.8) is 0 Å². The van der Waals surface area contributed by atoms with E-state index in [1.54, 1.807) is 60.5 Å². The van der Waals surface area contributed by atoms with Crippen molar-refractivity contribution < 1.29 is 28.7 Å². The van der Waals surface area contributed by atoms with E-state index in [0.717, 1.165) is 11.3 Å². The third kappa shape index (κ3) is 6.59. The lowest BCUT2D eigenvalue weighted by Gasteiger charge is -2.27. The van der Waals surface area contributed by atoms with E-state index < -0.39 is 12.1 Å². The molecule has 3 N–H and O–H groups in total. The van der Waals surface area contributed by atoms with Gasteiger partial charge in [-0.05, 0) is 63.1 Å². The molecule has 10 nitrogen and oxygen atoms in total. The molecular weight excluding hydrogens is 476 g/mol. The molecule has 10 heteroatoms. The normalized spacial score (nSPS) is 17.6. The summed E-state index contributed by atoms with van der Waals surface area (Å²) in [5.74, 6) is 1.61. The first-order valence-corrected chi connectivity index (χ1v) is 12.2. The van der Waals surface area contributed by atoms with Crippen molar-refractivity contribution in [2.24, 2.45) is 0 Å². The van der Waals surface area contributed by atoms with Crippen LogP contribution in [-0.4, -0.2) is 59.4 Å². The third-order valence-corrected chi connectivity index (χ3v) is 6.42. The van der Waals surface area contributed by atoms with Crippen LogP contribution >= 0.6 is 0 Å². The molecule has 0 aliphatic carbocycles. The van der Waals surface area contributed by atoms with Crippen LogP contribution in [0, 0.1) is 13.8 Å². The quantitative estimate of drug-likeness (QED) is 0.445. The Morgan fingerprint density at radius 2 is 1.95 bits per heavy atom. The Morgan fingerprint density at radius 3 is 2.65 bits per heavy atom. The zero-order valence-electron chi connectivity index (χ0n) is 21.2. The van der Waals surface area contributed by atoms with Crippen molar-refractivity contribution in [1.29, 1.82) is 0 Å². The summed E-state index contributed by atoms with van der Waals surface area (Å²) in [5, 5.41) is 20.3.